The standard InChI is InChI=1S/C32H38N2O5/c1-31(2,3)39-30(36)33-19-21-8-6-9-23(16-21)22-12-14-34(15-13-22)29(35)26-11-7-10-24-17-25-20-37-32(4,5)38-28(25)18-27(24)26/h6-11,16-18,22H,12-15,19-20H2,1-5H3,(H,33,36). The molecule has 1 N–H and O–H groups in total. The molecule has 0 aliphatic carbocycles. The molecule has 0 unspecified atom stereocenters. The Morgan fingerprint density at radius 3 is 2.54 bits per heavy atom. The minimum absolute atomic E-state index is 0.0561. The Labute approximate surface area is 230 Å². The van der Waals surface area contributed by atoms with E-state index in [-0.39, 0.29) is 5.91 Å². The van der Waals surface area contributed by atoms with Crippen molar-refractivity contribution in [3.63, 3.8) is 0 Å². The van der Waals surface area contributed by atoms with E-state index in [1.165, 1.54) is 5.56 Å². The van der Waals surface area contributed by atoms with Crippen molar-refractivity contribution in [2.75, 3.05) is 13.1 Å². The third-order valence-electron chi connectivity index (χ3n) is 7.26. The number of carbonyl (C=O) groups is 2. The molecule has 2 amide bonds. The second kappa shape index (κ2) is 10.5. The maximum atomic E-state index is 13.7. The molecule has 0 bridgehead atoms. The van der Waals surface area contributed by atoms with Crippen LogP contribution in [0.4, 0.5) is 4.79 Å². The predicted octanol–water partition coefficient (Wildman–Crippen LogP) is 6.53. The summed E-state index contributed by atoms with van der Waals surface area (Å²) in [6, 6.07) is 18.3. The third-order valence-corrected chi connectivity index (χ3v) is 7.26. The number of piperidine rings is 1. The lowest BCUT2D eigenvalue weighted by Gasteiger charge is -2.34. The van der Waals surface area contributed by atoms with Crippen molar-refractivity contribution >= 4 is 22.8 Å². The van der Waals surface area contributed by atoms with Crippen molar-refractivity contribution < 1.29 is 23.8 Å². The molecule has 7 nitrogen and oxygen atoms in total. The van der Waals surface area contributed by atoms with E-state index in [1.807, 2.05) is 75.9 Å². The number of amides is 2. The van der Waals surface area contributed by atoms with Crippen LogP contribution >= 0.6 is 0 Å². The first-order valence-electron chi connectivity index (χ1n) is 13.7. The molecule has 39 heavy (non-hydrogen) atoms. The highest BCUT2D eigenvalue weighted by Crippen LogP contribution is 2.36. The van der Waals surface area contributed by atoms with Gasteiger partial charge in [0.25, 0.3) is 5.91 Å². The average molecular weight is 531 g/mol. The number of fused-ring (bicyclic) bond motifs is 2. The third kappa shape index (κ3) is 6.36. The Kier molecular flexibility index (Phi) is 7.29. The van der Waals surface area contributed by atoms with E-state index in [9.17, 15) is 9.59 Å². The van der Waals surface area contributed by atoms with Crippen LogP contribution in [0, 0.1) is 0 Å². The van der Waals surface area contributed by atoms with Gasteiger partial charge in [0.2, 0.25) is 5.79 Å². The fraction of sp³-hybridized carbons (Fsp3) is 0.438. The van der Waals surface area contributed by atoms with Gasteiger partial charge in [-0.15, -0.1) is 0 Å². The number of hydrogen-bond donors (Lipinski definition) is 1. The van der Waals surface area contributed by atoms with Crippen molar-refractivity contribution in [1.29, 1.82) is 0 Å². The summed E-state index contributed by atoms with van der Waals surface area (Å²) in [7, 11) is 0. The maximum absolute atomic E-state index is 13.7. The van der Waals surface area contributed by atoms with Gasteiger partial charge < -0.3 is 24.4 Å². The number of carbonyl (C=O) groups excluding carboxylic acids is 2. The van der Waals surface area contributed by atoms with Gasteiger partial charge in [-0.05, 0) is 79.6 Å². The molecule has 7 heteroatoms. The molecular formula is C32H38N2O5. The molecule has 1 saturated heterocycles. The fourth-order valence-electron chi connectivity index (χ4n) is 5.32. The molecular weight excluding hydrogens is 492 g/mol. The minimum atomic E-state index is -0.690. The van der Waals surface area contributed by atoms with Gasteiger partial charge in [-0.25, -0.2) is 4.79 Å². The summed E-state index contributed by atoms with van der Waals surface area (Å²) in [5, 5.41) is 4.75. The zero-order valence-corrected chi connectivity index (χ0v) is 23.5. The molecule has 3 aromatic carbocycles. The summed E-state index contributed by atoms with van der Waals surface area (Å²) in [5.41, 5.74) is 3.45. The van der Waals surface area contributed by atoms with Crippen LogP contribution in [0.1, 0.15) is 80.4 Å². The summed E-state index contributed by atoms with van der Waals surface area (Å²) < 4.78 is 17.2. The molecule has 0 aromatic heterocycles. The van der Waals surface area contributed by atoms with E-state index >= 15 is 0 Å². The molecule has 2 aliphatic heterocycles. The number of hydrogen-bond acceptors (Lipinski definition) is 5. The zero-order valence-electron chi connectivity index (χ0n) is 23.5. The van der Waals surface area contributed by atoms with E-state index in [2.05, 4.69) is 23.5 Å². The van der Waals surface area contributed by atoms with Gasteiger partial charge in [0.05, 0.1) is 6.61 Å². The Morgan fingerprint density at radius 1 is 1.05 bits per heavy atom. The molecule has 0 atom stereocenters. The SMILES string of the molecule is CC(C)(C)OC(=O)NCc1cccc(C2CCN(C(=O)c3cccc4cc5c(cc34)OC(C)(C)OC5)CC2)c1. The van der Waals surface area contributed by atoms with Gasteiger partial charge >= 0.3 is 6.09 Å². The van der Waals surface area contributed by atoms with Crippen LogP contribution in [-0.4, -0.2) is 41.4 Å². The number of rotatable bonds is 4. The van der Waals surface area contributed by atoms with Crippen LogP contribution in [0.25, 0.3) is 10.8 Å². The normalized spacial score (nSPS) is 17.3. The molecule has 1 fully saturated rings. The quantitative estimate of drug-likeness (QED) is 0.415. The highest BCUT2D eigenvalue weighted by molar-refractivity contribution is 6.07. The maximum Gasteiger partial charge on any atom is 0.407 e. The van der Waals surface area contributed by atoms with Crippen molar-refractivity contribution in [2.45, 2.75) is 77.9 Å². The first kappa shape index (κ1) is 27.0. The first-order chi connectivity index (χ1) is 18.5. The minimum Gasteiger partial charge on any atom is -0.463 e. The molecule has 206 valence electrons. The van der Waals surface area contributed by atoms with Gasteiger partial charge in [0.1, 0.15) is 11.4 Å². The van der Waals surface area contributed by atoms with Crippen LogP contribution in [0.2, 0.25) is 0 Å². The largest absolute Gasteiger partial charge is 0.463 e. The van der Waals surface area contributed by atoms with E-state index in [4.69, 9.17) is 14.2 Å². The molecule has 3 aromatic rings. The van der Waals surface area contributed by atoms with E-state index in [1.54, 1.807) is 0 Å². The van der Waals surface area contributed by atoms with Crippen molar-refractivity contribution in [3.05, 3.63) is 76.9 Å². The number of nitrogens with zero attached hydrogens (tertiary/aromatic N) is 1. The van der Waals surface area contributed by atoms with Gasteiger partial charge in [0, 0.05) is 44.6 Å². The van der Waals surface area contributed by atoms with Crippen LogP contribution in [0.3, 0.4) is 0 Å². The molecule has 5 rings (SSSR count). The summed E-state index contributed by atoms with van der Waals surface area (Å²) in [4.78, 5) is 27.7. The number of benzene rings is 3. The average Bonchev–Trinajstić information content (AvgIpc) is 2.89. The molecule has 0 saturated carbocycles. The van der Waals surface area contributed by atoms with Crippen molar-refractivity contribution in [2.24, 2.45) is 0 Å². The van der Waals surface area contributed by atoms with E-state index < -0.39 is 17.5 Å². The van der Waals surface area contributed by atoms with Crippen molar-refractivity contribution in [3.8, 4) is 5.75 Å². The lowest BCUT2D eigenvalue weighted by atomic mass is 9.88. The number of likely N-dealkylation sites (tertiary alicyclic amines) is 1. The topological polar surface area (TPSA) is 77.1 Å². The number of ether oxygens (including phenoxy) is 3. The van der Waals surface area contributed by atoms with Crippen molar-refractivity contribution in [1.82, 2.24) is 10.2 Å². The summed E-state index contributed by atoms with van der Waals surface area (Å²) in [6.07, 6.45) is 1.37. The number of alkyl carbamates (subject to hydrolysis) is 1. The van der Waals surface area contributed by atoms with E-state index in [0.29, 0.717) is 37.7 Å². The Morgan fingerprint density at radius 2 is 1.79 bits per heavy atom. The summed E-state index contributed by atoms with van der Waals surface area (Å²) in [6.45, 7) is 11.6. The summed E-state index contributed by atoms with van der Waals surface area (Å²) >= 11 is 0. The zero-order chi connectivity index (χ0) is 27.8. The second-order valence-electron chi connectivity index (χ2n) is 11.9. The molecule has 2 heterocycles. The predicted molar refractivity (Wildman–Crippen MR) is 151 cm³/mol. The van der Waals surface area contributed by atoms with Crippen LogP contribution in [-0.2, 0) is 22.6 Å². The Bertz CT molecular complexity index is 1380. The lowest BCUT2D eigenvalue weighted by molar-refractivity contribution is -0.179. The van der Waals surface area contributed by atoms with Gasteiger partial charge in [-0.1, -0.05) is 36.4 Å². The van der Waals surface area contributed by atoms with Gasteiger partial charge in [-0.2, -0.15) is 0 Å². The monoisotopic (exact) mass is 530 g/mol. The summed E-state index contributed by atoms with van der Waals surface area (Å²) in [5.74, 6) is 0.509. The van der Waals surface area contributed by atoms with Gasteiger partial charge in [0.15, 0.2) is 0 Å². The number of nitrogens with one attached hydrogen (secondary N) is 1. The highest BCUT2D eigenvalue weighted by Gasteiger charge is 2.29. The molecule has 2 aliphatic rings. The molecule has 0 radical (unpaired) electrons. The smallest absolute Gasteiger partial charge is 0.407 e. The fourth-order valence-corrected chi connectivity index (χ4v) is 5.32. The van der Waals surface area contributed by atoms with Gasteiger partial charge in [-0.3, -0.25) is 4.79 Å². The highest BCUT2D eigenvalue weighted by atomic mass is 16.7. The Hall–Kier alpha value is -3.58. The second-order valence-corrected chi connectivity index (χ2v) is 11.9. The molecule has 0 spiro atoms. The van der Waals surface area contributed by atoms with Crippen LogP contribution < -0.4 is 10.1 Å². The van der Waals surface area contributed by atoms with E-state index in [0.717, 1.165) is 40.5 Å². The van der Waals surface area contributed by atoms with Crippen LogP contribution in [0.15, 0.2) is 54.6 Å². The first-order valence-corrected chi connectivity index (χ1v) is 13.7. The van der Waals surface area contributed by atoms with Crippen LogP contribution in [0.5, 0.6) is 5.75 Å². The Balaban J connectivity index is 1.24. The lowest BCUT2D eigenvalue weighted by Crippen LogP contribution is -2.38.